The molecule has 0 spiro atoms. The normalized spacial score (nSPS) is 10.7. The molecule has 0 unspecified atom stereocenters. The van der Waals surface area contributed by atoms with E-state index in [4.69, 9.17) is 28.3 Å². The molecular formula is C21H19Cl2N3O3. The highest BCUT2D eigenvalue weighted by atomic mass is 35.5. The molecule has 0 aliphatic heterocycles. The largest absolute Gasteiger partial charge is 0.481 e. The number of aliphatic carboxylic acids is 1. The molecule has 0 fully saturated rings. The molecule has 1 amide bonds. The molecule has 0 saturated heterocycles. The first-order chi connectivity index (χ1) is 13.9. The molecule has 1 aromatic heterocycles. The summed E-state index contributed by atoms with van der Waals surface area (Å²) in [5.41, 5.74) is 1.96. The van der Waals surface area contributed by atoms with Crippen molar-refractivity contribution in [1.29, 1.82) is 0 Å². The van der Waals surface area contributed by atoms with Crippen LogP contribution in [0.2, 0.25) is 10.0 Å². The molecule has 0 atom stereocenters. The van der Waals surface area contributed by atoms with Gasteiger partial charge >= 0.3 is 5.97 Å². The van der Waals surface area contributed by atoms with E-state index in [-0.39, 0.29) is 18.9 Å². The molecule has 0 saturated carbocycles. The minimum absolute atomic E-state index is 0.0230. The SMILES string of the molecule is CC(=O)N(CCC(=O)O)c1ccc(Cl)c(CNc2cccc3cnccc23)c1Cl. The topological polar surface area (TPSA) is 82.5 Å². The molecule has 3 rings (SSSR count). The van der Waals surface area contributed by atoms with E-state index in [2.05, 4.69) is 10.3 Å². The summed E-state index contributed by atoms with van der Waals surface area (Å²) in [7, 11) is 0. The third-order valence-corrected chi connectivity index (χ3v) is 5.30. The highest BCUT2D eigenvalue weighted by Crippen LogP contribution is 2.35. The summed E-state index contributed by atoms with van der Waals surface area (Å²) in [4.78, 5) is 28.5. The Morgan fingerprint density at radius 1 is 1.17 bits per heavy atom. The number of hydrogen-bond acceptors (Lipinski definition) is 4. The Kier molecular flexibility index (Phi) is 6.56. The van der Waals surface area contributed by atoms with Crippen molar-refractivity contribution < 1.29 is 14.7 Å². The van der Waals surface area contributed by atoms with Crippen molar-refractivity contribution in [3.05, 3.63) is 64.4 Å². The molecule has 1 heterocycles. The molecule has 6 nitrogen and oxygen atoms in total. The van der Waals surface area contributed by atoms with E-state index in [1.54, 1.807) is 24.5 Å². The van der Waals surface area contributed by atoms with Crippen LogP contribution in [0, 0.1) is 0 Å². The van der Waals surface area contributed by atoms with Crippen LogP contribution in [0.25, 0.3) is 10.8 Å². The van der Waals surface area contributed by atoms with Crippen LogP contribution in [0.15, 0.2) is 48.8 Å². The first-order valence-corrected chi connectivity index (χ1v) is 9.67. The summed E-state index contributed by atoms with van der Waals surface area (Å²) < 4.78 is 0. The van der Waals surface area contributed by atoms with Gasteiger partial charge in [0, 0.05) is 59.5 Å². The Morgan fingerprint density at radius 3 is 2.69 bits per heavy atom. The van der Waals surface area contributed by atoms with E-state index in [0.717, 1.165) is 16.5 Å². The van der Waals surface area contributed by atoms with Crippen molar-refractivity contribution in [2.24, 2.45) is 0 Å². The standard InChI is InChI=1S/C21H19Cl2N3O3/c1-13(27)26(10-8-20(28)29)19-6-5-17(22)16(21(19)23)12-25-18-4-2-3-14-11-24-9-7-15(14)18/h2-7,9,11,25H,8,10,12H2,1H3,(H,28,29). The smallest absolute Gasteiger partial charge is 0.305 e. The first-order valence-electron chi connectivity index (χ1n) is 8.92. The molecular weight excluding hydrogens is 413 g/mol. The number of carboxylic acid groups (broad SMARTS) is 1. The van der Waals surface area contributed by atoms with Crippen LogP contribution in [0.3, 0.4) is 0 Å². The van der Waals surface area contributed by atoms with Crippen LogP contribution in [0.5, 0.6) is 0 Å². The number of rotatable bonds is 7. The van der Waals surface area contributed by atoms with Crippen LogP contribution in [-0.2, 0) is 16.1 Å². The molecule has 150 valence electrons. The number of carboxylic acids is 1. The maximum Gasteiger partial charge on any atom is 0.305 e. The zero-order valence-corrected chi connectivity index (χ0v) is 17.2. The number of aromatic nitrogens is 1. The summed E-state index contributed by atoms with van der Waals surface area (Å²) in [6.45, 7) is 1.72. The van der Waals surface area contributed by atoms with Gasteiger partial charge in [-0.15, -0.1) is 0 Å². The Hall–Kier alpha value is -2.83. The second kappa shape index (κ2) is 9.11. The Bertz CT molecular complexity index is 1070. The van der Waals surface area contributed by atoms with Crippen LogP contribution >= 0.6 is 23.2 Å². The molecule has 2 aromatic carbocycles. The van der Waals surface area contributed by atoms with Crippen molar-refractivity contribution in [2.75, 3.05) is 16.8 Å². The molecule has 0 aliphatic carbocycles. The fourth-order valence-corrected chi connectivity index (χ4v) is 3.68. The molecule has 8 heteroatoms. The minimum atomic E-state index is -0.992. The Morgan fingerprint density at radius 2 is 1.97 bits per heavy atom. The summed E-state index contributed by atoms with van der Waals surface area (Å²) >= 11 is 12.9. The van der Waals surface area contributed by atoms with E-state index < -0.39 is 5.97 Å². The number of hydrogen-bond donors (Lipinski definition) is 2. The summed E-state index contributed by atoms with van der Waals surface area (Å²) in [5.74, 6) is -1.29. The van der Waals surface area contributed by atoms with Gasteiger partial charge in [0.05, 0.1) is 17.1 Å². The van der Waals surface area contributed by atoms with Gasteiger partial charge in [0.1, 0.15) is 0 Å². The molecule has 2 N–H and O–H groups in total. The number of amides is 1. The number of carbonyl (C=O) groups is 2. The maximum absolute atomic E-state index is 12.1. The van der Waals surface area contributed by atoms with E-state index in [1.807, 2.05) is 24.3 Å². The Balaban J connectivity index is 1.90. The average molecular weight is 432 g/mol. The van der Waals surface area contributed by atoms with Crippen LogP contribution < -0.4 is 10.2 Å². The number of carbonyl (C=O) groups excluding carboxylic acids is 1. The van der Waals surface area contributed by atoms with E-state index >= 15 is 0 Å². The number of halogens is 2. The molecule has 0 radical (unpaired) electrons. The van der Waals surface area contributed by atoms with E-state index in [0.29, 0.717) is 27.8 Å². The second-order valence-electron chi connectivity index (χ2n) is 6.43. The predicted octanol–water partition coefficient (Wildman–Crippen LogP) is 4.98. The van der Waals surface area contributed by atoms with Gasteiger partial charge in [0.15, 0.2) is 0 Å². The van der Waals surface area contributed by atoms with Crippen molar-refractivity contribution in [2.45, 2.75) is 19.9 Å². The summed E-state index contributed by atoms with van der Waals surface area (Å²) in [6, 6.07) is 11.0. The van der Waals surface area contributed by atoms with Crippen molar-refractivity contribution in [3.63, 3.8) is 0 Å². The lowest BCUT2D eigenvalue weighted by Gasteiger charge is -2.23. The quantitative estimate of drug-likeness (QED) is 0.550. The van der Waals surface area contributed by atoms with Gasteiger partial charge in [-0.1, -0.05) is 35.3 Å². The predicted molar refractivity (Wildman–Crippen MR) is 116 cm³/mol. The molecule has 3 aromatic rings. The lowest BCUT2D eigenvalue weighted by Crippen LogP contribution is -2.31. The van der Waals surface area contributed by atoms with Crippen LogP contribution in [-0.4, -0.2) is 28.5 Å². The van der Waals surface area contributed by atoms with Gasteiger partial charge in [-0.25, -0.2) is 0 Å². The fraction of sp³-hybridized carbons (Fsp3) is 0.190. The number of nitrogens with one attached hydrogen (secondary N) is 1. The van der Waals surface area contributed by atoms with Crippen LogP contribution in [0.4, 0.5) is 11.4 Å². The van der Waals surface area contributed by atoms with E-state index in [1.165, 1.54) is 11.8 Å². The average Bonchev–Trinajstić information content (AvgIpc) is 2.69. The van der Waals surface area contributed by atoms with E-state index in [9.17, 15) is 9.59 Å². The third-order valence-electron chi connectivity index (χ3n) is 4.52. The number of anilines is 2. The lowest BCUT2D eigenvalue weighted by atomic mass is 10.1. The highest BCUT2D eigenvalue weighted by molar-refractivity contribution is 6.38. The number of fused-ring (bicyclic) bond motifs is 1. The minimum Gasteiger partial charge on any atom is -0.481 e. The first kappa shape index (κ1) is 20.9. The Labute approximate surface area is 178 Å². The zero-order valence-electron chi connectivity index (χ0n) is 15.7. The van der Waals surface area contributed by atoms with Gasteiger partial charge in [-0.2, -0.15) is 0 Å². The van der Waals surface area contributed by atoms with Gasteiger partial charge in [-0.05, 0) is 24.3 Å². The van der Waals surface area contributed by atoms with Gasteiger partial charge < -0.3 is 15.3 Å². The van der Waals surface area contributed by atoms with Gasteiger partial charge in [0.2, 0.25) is 5.91 Å². The van der Waals surface area contributed by atoms with Crippen LogP contribution in [0.1, 0.15) is 18.9 Å². The second-order valence-corrected chi connectivity index (χ2v) is 7.21. The summed E-state index contributed by atoms with van der Waals surface area (Å²) in [5, 5.41) is 15.1. The van der Waals surface area contributed by atoms with Crippen molar-refractivity contribution in [3.8, 4) is 0 Å². The monoisotopic (exact) mass is 431 g/mol. The van der Waals surface area contributed by atoms with Gasteiger partial charge in [0.25, 0.3) is 0 Å². The van der Waals surface area contributed by atoms with Crippen molar-refractivity contribution in [1.82, 2.24) is 4.98 Å². The molecule has 29 heavy (non-hydrogen) atoms. The third kappa shape index (κ3) is 4.78. The van der Waals surface area contributed by atoms with Gasteiger partial charge in [-0.3, -0.25) is 14.6 Å². The molecule has 0 bridgehead atoms. The van der Waals surface area contributed by atoms with Crippen molar-refractivity contribution >= 4 is 57.2 Å². The highest BCUT2D eigenvalue weighted by Gasteiger charge is 2.19. The number of nitrogens with zero attached hydrogens (tertiary/aromatic N) is 2. The fourth-order valence-electron chi connectivity index (χ4n) is 3.07. The lowest BCUT2D eigenvalue weighted by molar-refractivity contribution is -0.136. The number of benzene rings is 2. The molecule has 0 aliphatic rings. The number of pyridine rings is 1. The summed E-state index contributed by atoms with van der Waals surface area (Å²) in [6.07, 6.45) is 3.33. The maximum atomic E-state index is 12.1. The zero-order chi connectivity index (χ0) is 21.0.